The molecule has 2 aromatic rings. The average molecular weight is 422 g/mol. The number of carbonyl (C=O) groups excluding carboxylic acids is 1. The molecule has 2 aromatic carbocycles. The second-order valence-electron chi connectivity index (χ2n) is 8.45. The van der Waals surface area contributed by atoms with E-state index in [4.69, 9.17) is 0 Å². The van der Waals surface area contributed by atoms with E-state index in [1.807, 2.05) is 11.0 Å². The second kappa shape index (κ2) is 10.6. The van der Waals surface area contributed by atoms with E-state index in [0.29, 0.717) is 6.54 Å². The molecule has 4 rings (SSSR count). The van der Waals surface area contributed by atoms with Crippen LogP contribution in [-0.4, -0.2) is 79.6 Å². The van der Waals surface area contributed by atoms with Crippen molar-refractivity contribution in [3.8, 4) is 0 Å². The van der Waals surface area contributed by atoms with Crippen LogP contribution in [0.3, 0.4) is 0 Å². The van der Waals surface area contributed by atoms with Gasteiger partial charge in [0.15, 0.2) is 0 Å². The first-order chi connectivity index (χ1) is 15.2. The van der Waals surface area contributed by atoms with Crippen LogP contribution >= 0.6 is 0 Å². The Morgan fingerprint density at radius 1 is 0.774 bits per heavy atom. The Balaban J connectivity index is 1.26. The number of nitrogens with zero attached hydrogens (tertiary/aromatic N) is 4. The van der Waals surface area contributed by atoms with Gasteiger partial charge in [0, 0.05) is 71.1 Å². The van der Waals surface area contributed by atoms with E-state index in [2.05, 4.69) is 75.5 Å². The highest BCUT2D eigenvalue weighted by molar-refractivity contribution is 5.74. The minimum Gasteiger partial charge on any atom is -0.368 e. The molecule has 0 atom stereocenters. The van der Waals surface area contributed by atoms with Crippen molar-refractivity contribution in [3.05, 3.63) is 65.7 Å². The van der Waals surface area contributed by atoms with Gasteiger partial charge in [-0.3, -0.25) is 4.90 Å². The lowest BCUT2D eigenvalue weighted by molar-refractivity contribution is 0.131. The van der Waals surface area contributed by atoms with Crippen LogP contribution < -0.4 is 10.2 Å². The van der Waals surface area contributed by atoms with Gasteiger partial charge in [-0.1, -0.05) is 49.4 Å². The molecule has 6 nitrogen and oxygen atoms in total. The zero-order valence-corrected chi connectivity index (χ0v) is 18.7. The highest BCUT2D eigenvalue weighted by atomic mass is 16.2. The molecule has 2 saturated heterocycles. The van der Waals surface area contributed by atoms with Gasteiger partial charge in [0.1, 0.15) is 0 Å². The van der Waals surface area contributed by atoms with Crippen LogP contribution in [0.4, 0.5) is 10.5 Å². The number of likely N-dealkylation sites (N-methyl/N-ethyl adjacent to an activating group) is 1. The maximum atomic E-state index is 12.8. The van der Waals surface area contributed by atoms with E-state index in [9.17, 15) is 4.79 Å². The molecule has 2 amide bonds. The van der Waals surface area contributed by atoms with Gasteiger partial charge in [-0.05, 0) is 29.8 Å². The number of carbonyl (C=O) groups is 1. The Morgan fingerprint density at radius 3 is 2.06 bits per heavy atom. The third kappa shape index (κ3) is 5.77. The normalized spacial score (nSPS) is 18.2. The summed E-state index contributed by atoms with van der Waals surface area (Å²) in [4.78, 5) is 22.1. The number of nitrogens with one attached hydrogen (secondary N) is 1. The van der Waals surface area contributed by atoms with Gasteiger partial charge in [-0.15, -0.1) is 0 Å². The number of piperazine rings is 2. The predicted molar refractivity (Wildman–Crippen MR) is 126 cm³/mol. The van der Waals surface area contributed by atoms with Crippen LogP contribution in [0, 0.1) is 0 Å². The van der Waals surface area contributed by atoms with Gasteiger partial charge in [-0.2, -0.15) is 0 Å². The third-order valence-electron chi connectivity index (χ3n) is 6.54. The summed E-state index contributed by atoms with van der Waals surface area (Å²) in [5.41, 5.74) is 3.77. The molecule has 2 heterocycles. The Kier molecular flexibility index (Phi) is 7.43. The Morgan fingerprint density at radius 2 is 1.39 bits per heavy atom. The van der Waals surface area contributed by atoms with Crippen LogP contribution in [-0.2, 0) is 13.1 Å². The van der Waals surface area contributed by atoms with Gasteiger partial charge in [0.2, 0.25) is 0 Å². The summed E-state index contributed by atoms with van der Waals surface area (Å²) in [6.45, 7) is 12.7. The monoisotopic (exact) mass is 421 g/mol. The predicted octanol–water partition coefficient (Wildman–Crippen LogP) is 2.86. The lowest BCUT2D eigenvalue weighted by Crippen LogP contribution is -2.51. The summed E-state index contributed by atoms with van der Waals surface area (Å²) < 4.78 is 0. The Labute approximate surface area is 186 Å². The molecule has 166 valence electrons. The van der Waals surface area contributed by atoms with Crippen LogP contribution in [0.2, 0.25) is 0 Å². The molecule has 0 aromatic heterocycles. The van der Waals surface area contributed by atoms with Crippen molar-refractivity contribution < 1.29 is 4.79 Å². The summed E-state index contributed by atoms with van der Waals surface area (Å²) in [7, 11) is 0. The average Bonchev–Trinajstić information content (AvgIpc) is 2.84. The number of amides is 2. The maximum Gasteiger partial charge on any atom is 0.317 e. The van der Waals surface area contributed by atoms with E-state index >= 15 is 0 Å². The first-order valence-electron chi connectivity index (χ1n) is 11.6. The van der Waals surface area contributed by atoms with Gasteiger partial charge in [0.05, 0.1) is 0 Å². The van der Waals surface area contributed by atoms with Crippen molar-refractivity contribution in [1.82, 2.24) is 20.0 Å². The molecule has 0 unspecified atom stereocenters. The maximum absolute atomic E-state index is 12.8. The van der Waals surface area contributed by atoms with Crippen LogP contribution in [0.25, 0.3) is 0 Å². The summed E-state index contributed by atoms with van der Waals surface area (Å²) in [6.07, 6.45) is 0. The van der Waals surface area contributed by atoms with Crippen molar-refractivity contribution in [1.29, 1.82) is 0 Å². The molecule has 0 spiro atoms. The lowest BCUT2D eigenvalue weighted by Gasteiger charge is -2.36. The number of anilines is 1. The quantitative estimate of drug-likeness (QED) is 0.779. The highest BCUT2D eigenvalue weighted by Crippen LogP contribution is 2.16. The SMILES string of the molecule is CCN1CCN(Cc2ccccc2CNC(=O)N2CCN(c3ccccc3)CC2)CC1. The first-order valence-corrected chi connectivity index (χ1v) is 11.6. The van der Waals surface area contributed by atoms with Crippen LogP contribution in [0.1, 0.15) is 18.1 Å². The zero-order chi connectivity index (χ0) is 21.5. The van der Waals surface area contributed by atoms with Crippen molar-refractivity contribution >= 4 is 11.7 Å². The second-order valence-corrected chi connectivity index (χ2v) is 8.45. The Hall–Kier alpha value is -2.57. The summed E-state index contributed by atoms with van der Waals surface area (Å²) >= 11 is 0. The fraction of sp³-hybridized carbons (Fsp3) is 0.480. The largest absolute Gasteiger partial charge is 0.368 e. The van der Waals surface area contributed by atoms with E-state index in [-0.39, 0.29) is 6.03 Å². The fourth-order valence-corrected chi connectivity index (χ4v) is 4.48. The smallest absolute Gasteiger partial charge is 0.317 e. The van der Waals surface area contributed by atoms with Crippen molar-refractivity contribution in [2.45, 2.75) is 20.0 Å². The molecule has 0 bridgehead atoms. The third-order valence-corrected chi connectivity index (χ3v) is 6.54. The van der Waals surface area contributed by atoms with Crippen LogP contribution in [0.15, 0.2) is 54.6 Å². The summed E-state index contributed by atoms with van der Waals surface area (Å²) in [5, 5.41) is 3.16. The van der Waals surface area contributed by atoms with E-state index < -0.39 is 0 Å². The molecule has 2 aliphatic rings. The molecule has 1 N–H and O–H groups in total. The fourth-order valence-electron chi connectivity index (χ4n) is 4.48. The molecular formula is C25H35N5O. The molecule has 31 heavy (non-hydrogen) atoms. The summed E-state index contributed by atoms with van der Waals surface area (Å²) in [6, 6.07) is 19.0. The van der Waals surface area contributed by atoms with Crippen molar-refractivity contribution in [2.75, 3.05) is 63.8 Å². The summed E-state index contributed by atoms with van der Waals surface area (Å²) in [5.74, 6) is 0. The molecule has 0 radical (unpaired) electrons. The molecular weight excluding hydrogens is 386 g/mol. The molecule has 2 aliphatic heterocycles. The number of hydrogen-bond acceptors (Lipinski definition) is 4. The molecule has 0 aliphatic carbocycles. The Bertz CT molecular complexity index is 827. The van der Waals surface area contributed by atoms with E-state index in [1.165, 1.54) is 16.8 Å². The number of benzene rings is 2. The lowest BCUT2D eigenvalue weighted by atomic mass is 10.1. The number of urea groups is 1. The van der Waals surface area contributed by atoms with Gasteiger partial charge < -0.3 is 20.0 Å². The standard InChI is InChI=1S/C25H35N5O/c1-2-27-12-14-28(15-13-27)21-23-9-7-6-8-22(23)20-26-25(31)30-18-16-29(17-19-30)24-10-4-3-5-11-24/h3-11H,2,12-21H2,1H3,(H,26,31). The van der Waals surface area contributed by atoms with Crippen molar-refractivity contribution in [3.63, 3.8) is 0 Å². The number of hydrogen-bond donors (Lipinski definition) is 1. The highest BCUT2D eigenvalue weighted by Gasteiger charge is 2.21. The van der Waals surface area contributed by atoms with Gasteiger partial charge >= 0.3 is 6.03 Å². The topological polar surface area (TPSA) is 42.1 Å². The zero-order valence-electron chi connectivity index (χ0n) is 18.7. The minimum atomic E-state index is 0.0408. The van der Waals surface area contributed by atoms with Gasteiger partial charge in [0.25, 0.3) is 0 Å². The molecule has 6 heteroatoms. The van der Waals surface area contributed by atoms with Gasteiger partial charge in [-0.25, -0.2) is 4.79 Å². The van der Waals surface area contributed by atoms with E-state index in [1.54, 1.807) is 0 Å². The van der Waals surface area contributed by atoms with E-state index in [0.717, 1.165) is 65.4 Å². The first kappa shape index (κ1) is 21.7. The minimum absolute atomic E-state index is 0.0408. The molecule has 2 fully saturated rings. The van der Waals surface area contributed by atoms with Crippen LogP contribution in [0.5, 0.6) is 0 Å². The number of rotatable bonds is 6. The van der Waals surface area contributed by atoms with Crippen molar-refractivity contribution in [2.24, 2.45) is 0 Å². The number of para-hydroxylation sites is 1. The molecule has 0 saturated carbocycles.